The van der Waals surface area contributed by atoms with E-state index in [9.17, 15) is 4.79 Å². The molecule has 0 atom stereocenters. The summed E-state index contributed by atoms with van der Waals surface area (Å²) in [6.45, 7) is 3.44. The van der Waals surface area contributed by atoms with Crippen LogP contribution in [-0.4, -0.2) is 25.8 Å². The summed E-state index contributed by atoms with van der Waals surface area (Å²) in [5.74, 6) is 1.66. The van der Waals surface area contributed by atoms with Crippen LogP contribution in [0.3, 0.4) is 0 Å². The number of urea groups is 1. The fourth-order valence-corrected chi connectivity index (χ4v) is 3.11. The maximum Gasteiger partial charge on any atom is 0.319 e. The zero-order valence-electron chi connectivity index (χ0n) is 15.2. The Labute approximate surface area is 154 Å². The van der Waals surface area contributed by atoms with Crippen molar-refractivity contribution >= 4 is 11.7 Å². The number of carbonyl (C=O) groups excluding carboxylic acids is 1. The second-order valence-electron chi connectivity index (χ2n) is 6.32. The maximum atomic E-state index is 11.9. The fraction of sp³-hybridized carbons (Fsp3) is 0.381. The molecule has 0 radical (unpaired) electrons. The van der Waals surface area contributed by atoms with Crippen molar-refractivity contribution in [2.45, 2.75) is 32.6 Å². The summed E-state index contributed by atoms with van der Waals surface area (Å²) in [5, 5.41) is 5.59. The van der Waals surface area contributed by atoms with E-state index in [0.29, 0.717) is 19.8 Å². The molecule has 2 aromatic carbocycles. The summed E-state index contributed by atoms with van der Waals surface area (Å²) in [6.07, 6.45) is 4.84. The zero-order valence-corrected chi connectivity index (χ0v) is 15.2. The van der Waals surface area contributed by atoms with E-state index in [4.69, 9.17) is 9.47 Å². The van der Waals surface area contributed by atoms with Gasteiger partial charge < -0.3 is 20.1 Å². The van der Waals surface area contributed by atoms with Gasteiger partial charge in [0, 0.05) is 5.69 Å². The van der Waals surface area contributed by atoms with Gasteiger partial charge in [-0.1, -0.05) is 6.07 Å². The first-order chi connectivity index (χ1) is 12.7. The molecule has 0 unspecified atom stereocenters. The van der Waals surface area contributed by atoms with E-state index in [2.05, 4.69) is 22.8 Å². The van der Waals surface area contributed by atoms with Crippen molar-refractivity contribution in [2.75, 3.05) is 25.1 Å². The summed E-state index contributed by atoms with van der Waals surface area (Å²) >= 11 is 0. The van der Waals surface area contributed by atoms with Crippen LogP contribution in [0.25, 0.3) is 0 Å². The van der Waals surface area contributed by atoms with Gasteiger partial charge >= 0.3 is 6.03 Å². The van der Waals surface area contributed by atoms with Crippen molar-refractivity contribution in [2.24, 2.45) is 0 Å². The molecule has 0 heterocycles. The first-order valence-corrected chi connectivity index (χ1v) is 9.27. The van der Waals surface area contributed by atoms with Crippen LogP contribution in [0.4, 0.5) is 10.5 Å². The Morgan fingerprint density at radius 3 is 2.46 bits per heavy atom. The van der Waals surface area contributed by atoms with Crippen molar-refractivity contribution in [1.82, 2.24) is 5.32 Å². The van der Waals surface area contributed by atoms with Gasteiger partial charge in [0.15, 0.2) is 0 Å². The highest BCUT2D eigenvalue weighted by molar-refractivity contribution is 5.89. The standard InChI is InChI=1S/C21H26N2O3/c1-2-25-19-11-8-18(9-12-19)23-21(24)22-13-14-26-20-10-7-16-5-3-4-6-17(16)15-20/h7-12,15H,2-6,13-14H2,1H3,(H2,22,23,24). The van der Waals surface area contributed by atoms with Crippen LogP contribution in [-0.2, 0) is 12.8 Å². The average Bonchev–Trinajstić information content (AvgIpc) is 2.67. The first kappa shape index (κ1) is 18.1. The molecule has 1 aliphatic rings. The summed E-state index contributed by atoms with van der Waals surface area (Å²) in [4.78, 5) is 11.9. The second-order valence-corrected chi connectivity index (χ2v) is 6.32. The molecule has 0 spiro atoms. The fourth-order valence-electron chi connectivity index (χ4n) is 3.11. The molecule has 2 N–H and O–H groups in total. The summed E-state index contributed by atoms with van der Waals surface area (Å²) in [6, 6.07) is 13.4. The summed E-state index contributed by atoms with van der Waals surface area (Å²) in [5.41, 5.74) is 3.56. The Hall–Kier alpha value is -2.69. The molecule has 0 aliphatic heterocycles. The number of anilines is 1. The van der Waals surface area contributed by atoms with Crippen molar-refractivity contribution in [3.63, 3.8) is 0 Å². The van der Waals surface area contributed by atoms with Crippen LogP contribution in [0.15, 0.2) is 42.5 Å². The number of amides is 2. The third-order valence-corrected chi connectivity index (χ3v) is 4.40. The van der Waals surface area contributed by atoms with Gasteiger partial charge in [-0.3, -0.25) is 0 Å². The molecule has 5 heteroatoms. The molecule has 3 rings (SSSR count). The van der Waals surface area contributed by atoms with Gasteiger partial charge in [0.05, 0.1) is 13.2 Å². The molecule has 0 aromatic heterocycles. The monoisotopic (exact) mass is 354 g/mol. The number of rotatable bonds is 7. The van der Waals surface area contributed by atoms with E-state index in [0.717, 1.165) is 23.6 Å². The Bertz CT molecular complexity index is 729. The highest BCUT2D eigenvalue weighted by atomic mass is 16.5. The number of carbonyl (C=O) groups is 1. The molecule has 5 nitrogen and oxygen atoms in total. The van der Waals surface area contributed by atoms with Gasteiger partial charge in [0.2, 0.25) is 0 Å². The van der Waals surface area contributed by atoms with Crippen LogP contribution in [0.1, 0.15) is 30.9 Å². The topological polar surface area (TPSA) is 59.6 Å². The Morgan fingerprint density at radius 2 is 1.69 bits per heavy atom. The molecule has 0 saturated heterocycles. The molecule has 1 aliphatic carbocycles. The lowest BCUT2D eigenvalue weighted by Crippen LogP contribution is -2.32. The van der Waals surface area contributed by atoms with E-state index in [1.54, 1.807) is 0 Å². The molecule has 2 aromatic rings. The molecular weight excluding hydrogens is 328 g/mol. The number of nitrogens with one attached hydrogen (secondary N) is 2. The minimum atomic E-state index is -0.247. The van der Waals surface area contributed by atoms with Crippen LogP contribution in [0.5, 0.6) is 11.5 Å². The van der Waals surface area contributed by atoms with E-state index in [-0.39, 0.29) is 6.03 Å². The predicted octanol–water partition coefficient (Wildman–Crippen LogP) is 4.16. The van der Waals surface area contributed by atoms with Crippen molar-refractivity contribution in [3.8, 4) is 11.5 Å². The smallest absolute Gasteiger partial charge is 0.319 e. The van der Waals surface area contributed by atoms with Crippen LogP contribution >= 0.6 is 0 Å². The molecular formula is C21H26N2O3. The number of aryl methyl sites for hydroxylation is 2. The van der Waals surface area contributed by atoms with Crippen LogP contribution in [0.2, 0.25) is 0 Å². The van der Waals surface area contributed by atoms with Gasteiger partial charge in [-0.15, -0.1) is 0 Å². The lowest BCUT2D eigenvalue weighted by Gasteiger charge is -2.17. The number of benzene rings is 2. The summed E-state index contributed by atoms with van der Waals surface area (Å²) in [7, 11) is 0. The van der Waals surface area contributed by atoms with E-state index >= 15 is 0 Å². The Morgan fingerprint density at radius 1 is 0.962 bits per heavy atom. The van der Waals surface area contributed by atoms with Crippen molar-refractivity contribution in [1.29, 1.82) is 0 Å². The molecule has 138 valence electrons. The Balaban J connectivity index is 1.38. The maximum absolute atomic E-state index is 11.9. The van der Waals surface area contributed by atoms with Crippen molar-refractivity contribution < 1.29 is 14.3 Å². The van der Waals surface area contributed by atoms with Crippen LogP contribution < -0.4 is 20.1 Å². The van der Waals surface area contributed by atoms with Gasteiger partial charge in [-0.05, 0) is 80.1 Å². The molecule has 26 heavy (non-hydrogen) atoms. The molecule has 0 fully saturated rings. The minimum absolute atomic E-state index is 0.247. The molecule has 2 amide bonds. The van der Waals surface area contributed by atoms with Gasteiger partial charge in [-0.2, -0.15) is 0 Å². The zero-order chi connectivity index (χ0) is 18.2. The van der Waals surface area contributed by atoms with Gasteiger partial charge in [-0.25, -0.2) is 4.79 Å². The normalized spacial score (nSPS) is 12.8. The number of hydrogen-bond donors (Lipinski definition) is 2. The number of fused-ring (bicyclic) bond motifs is 1. The average molecular weight is 354 g/mol. The lowest BCUT2D eigenvalue weighted by molar-refractivity contribution is 0.247. The van der Waals surface area contributed by atoms with E-state index in [1.807, 2.05) is 37.3 Å². The van der Waals surface area contributed by atoms with E-state index in [1.165, 1.54) is 30.4 Å². The largest absolute Gasteiger partial charge is 0.494 e. The lowest BCUT2D eigenvalue weighted by atomic mass is 9.92. The van der Waals surface area contributed by atoms with Crippen molar-refractivity contribution in [3.05, 3.63) is 53.6 Å². The Kier molecular flexibility index (Phi) is 6.36. The quantitative estimate of drug-likeness (QED) is 0.734. The second kappa shape index (κ2) is 9.13. The summed E-state index contributed by atoms with van der Waals surface area (Å²) < 4.78 is 11.1. The third-order valence-electron chi connectivity index (χ3n) is 4.40. The predicted molar refractivity (Wildman–Crippen MR) is 103 cm³/mol. The highest BCUT2D eigenvalue weighted by Gasteiger charge is 2.10. The third kappa shape index (κ3) is 5.15. The number of ether oxygens (including phenoxy) is 2. The molecule has 0 saturated carbocycles. The SMILES string of the molecule is CCOc1ccc(NC(=O)NCCOc2ccc3c(c2)CCCC3)cc1. The first-order valence-electron chi connectivity index (χ1n) is 9.27. The molecule has 0 bridgehead atoms. The minimum Gasteiger partial charge on any atom is -0.494 e. The van der Waals surface area contributed by atoms with Gasteiger partial charge in [0.1, 0.15) is 18.1 Å². The number of hydrogen-bond acceptors (Lipinski definition) is 3. The van der Waals surface area contributed by atoms with Crippen LogP contribution in [0, 0.1) is 0 Å². The highest BCUT2D eigenvalue weighted by Crippen LogP contribution is 2.25. The van der Waals surface area contributed by atoms with E-state index < -0.39 is 0 Å². The van der Waals surface area contributed by atoms with Gasteiger partial charge in [0.25, 0.3) is 0 Å².